The number of carbonyl (C=O) groups excluding carboxylic acids is 1. The number of rotatable bonds is 3. The highest BCUT2D eigenvalue weighted by atomic mass is 19.1. The van der Waals surface area contributed by atoms with Gasteiger partial charge in [-0.1, -0.05) is 12.1 Å². The average Bonchev–Trinajstić information content (AvgIpc) is 2.40. The number of nitro groups is 1. The molecule has 0 radical (unpaired) electrons. The van der Waals surface area contributed by atoms with Gasteiger partial charge in [0, 0.05) is 12.1 Å². The van der Waals surface area contributed by atoms with E-state index < -0.39 is 28.8 Å². The number of alkyl halides is 1. The van der Waals surface area contributed by atoms with Crippen molar-refractivity contribution in [1.82, 2.24) is 4.90 Å². The van der Waals surface area contributed by atoms with E-state index in [-0.39, 0.29) is 12.2 Å². The molecule has 0 saturated carbocycles. The molecule has 6 nitrogen and oxygen atoms in total. The zero-order chi connectivity index (χ0) is 16.5. The quantitative estimate of drug-likeness (QED) is 0.635. The third kappa shape index (κ3) is 3.72. The van der Waals surface area contributed by atoms with E-state index in [9.17, 15) is 19.3 Å². The number of benzene rings is 1. The molecule has 0 bridgehead atoms. The van der Waals surface area contributed by atoms with E-state index in [0.717, 1.165) is 5.56 Å². The van der Waals surface area contributed by atoms with Gasteiger partial charge in [0.15, 0.2) is 0 Å². The number of amides is 1. The molecule has 0 spiro atoms. The third-order valence-electron chi connectivity index (χ3n) is 3.41. The molecule has 1 aromatic rings. The van der Waals surface area contributed by atoms with Gasteiger partial charge in [0.1, 0.15) is 11.8 Å². The second kappa shape index (κ2) is 5.90. The van der Waals surface area contributed by atoms with Crippen molar-refractivity contribution in [3.05, 3.63) is 39.9 Å². The fourth-order valence-electron chi connectivity index (χ4n) is 2.27. The van der Waals surface area contributed by atoms with Crippen LogP contribution in [-0.4, -0.2) is 40.3 Å². The second-order valence-electron chi connectivity index (χ2n) is 6.34. The van der Waals surface area contributed by atoms with Crippen molar-refractivity contribution in [2.24, 2.45) is 0 Å². The van der Waals surface area contributed by atoms with Gasteiger partial charge in [-0.3, -0.25) is 15.0 Å². The van der Waals surface area contributed by atoms with Crippen molar-refractivity contribution in [2.45, 2.75) is 45.0 Å². The Hall–Kier alpha value is -2.18. The first-order valence-electron chi connectivity index (χ1n) is 7.04. The number of non-ortho nitro benzene ring substituents is 1. The van der Waals surface area contributed by atoms with E-state index in [1.54, 1.807) is 32.9 Å². The second-order valence-corrected chi connectivity index (χ2v) is 6.34. The van der Waals surface area contributed by atoms with Crippen molar-refractivity contribution >= 4 is 11.8 Å². The van der Waals surface area contributed by atoms with Crippen LogP contribution in [0.25, 0.3) is 0 Å². The van der Waals surface area contributed by atoms with Gasteiger partial charge in [0.05, 0.1) is 17.5 Å². The SMILES string of the molecule is CC(C)(C)OC(=O)N1C[C@H](F)[C@@H]1Cc1ccc([N+](=O)[O-])cc1. The van der Waals surface area contributed by atoms with Gasteiger partial charge in [-0.25, -0.2) is 9.18 Å². The molecule has 1 fully saturated rings. The molecule has 0 aromatic heterocycles. The van der Waals surface area contributed by atoms with Gasteiger partial charge in [-0.2, -0.15) is 0 Å². The molecule has 1 amide bonds. The first kappa shape index (κ1) is 16.2. The molecule has 0 N–H and O–H groups in total. The van der Waals surface area contributed by atoms with Crippen LogP contribution in [0.1, 0.15) is 26.3 Å². The van der Waals surface area contributed by atoms with Crippen molar-refractivity contribution in [2.75, 3.05) is 6.54 Å². The molecule has 1 aliphatic heterocycles. The first-order chi connectivity index (χ1) is 10.2. The van der Waals surface area contributed by atoms with Gasteiger partial charge in [0.2, 0.25) is 0 Å². The summed E-state index contributed by atoms with van der Waals surface area (Å²) < 4.78 is 19.0. The Labute approximate surface area is 128 Å². The molecular formula is C15H19FN2O4. The number of carbonyl (C=O) groups is 1. The number of ether oxygens (including phenoxy) is 1. The summed E-state index contributed by atoms with van der Waals surface area (Å²) in [6, 6.07) is 5.32. The Bertz CT molecular complexity index is 568. The maximum absolute atomic E-state index is 13.8. The summed E-state index contributed by atoms with van der Waals surface area (Å²) in [4.78, 5) is 23.5. The van der Waals surface area contributed by atoms with E-state index in [1.807, 2.05) is 0 Å². The number of halogens is 1. The summed E-state index contributed by atoms with van der Waals surface area (Å²) in [7, 11) is 0. The summed E-state index contributed by atoms with van der Waals surface area (Å²) in [5.74, 6) is 0. The lowest BCUT2D eigenvalue weighted by Gasteiger charge is -2.44. The molecule has 0 unspecified atom stereocenters. The molecule has 1 aromatic carbocycles. The fourth-order valence-corrected chi connectivity index (χ4v) is 2.27. The summed E-state index contributed by atoms with van der Waals surface area (Å²) in [5, 5.41) is 10.6. The molecular weight excluding hydrogens is 291 g/mol. The molecule has 1 aliphatic rings. The Morgan fingerprint density at radius 1 is 1.41 bits per heavy atom. The normalized spacial score (nSPS) is 21.2. The van der Waals surface area contributed by atoms with Gasteiger partial charge < -0.3 is 4.74 Å². The van der Waals surface area contributed by atoms with Gasteiger partial charge >= 0.3 is 6.09 Å². The van der Waals surface area contributed by atoms with Crippen LogP contribution in [0.3, 0.4) is 0 Å². The van der Waals surface area contributed by atoms with E-state index in [0.29, 0.717) is 6.42 Å². The van der Waals surface area contributed by atoms with Crippen LogP contribution < -0.4 is 0 Å². The number of hydrogen-bond donors (Lipinski definition) is 0. The van der Waals surface area contributed by atoms with Crippen LogP contribution in [0.4, 0.5) is 14.9 Å². The topological polar surface area (TPSA) is 72.7 Å². The molecule has 0 aliphatic carbocycles. The molecule has 120 valence electrons. The molecule has 7 heteroatoms. The number of nitro benzene ring substituents is 1. The Balaban J connectivity index is 2.01. The van der Waals surface area contributed by atoms with Crippen LogP contribution in [0, 0.1) is 10.1 Å². The standard InChI is InChI=1S/C15H19FN2O4/c1-15(2,3)22-14(19)17-9-12(16)13(17)8-10-4-6-11(7-5-10)18(20)21/h4-7,12-13H,8-9H2,1-3H3/t12-,13-/m0/s1. The largest absolute Gasteiger partial charge is 0.444 e. The summed E-state index contributed by atoms with van der Waals surface area (Å²) in [6.07, 6.45) is -1.34. The van der Waals surface area contributed by atoms with Crippen molar-refractivity contribution in [1.29, 1.82) is 0 Å². The van der Waals surface area contributed by atoms with Crippen LogP contribution in [-0.2, 0) is 11.2 Å². The smallest absolute Gasteiger partial charge is 0.410 e. The van der Waals surface area contributed by atoms with Crippen molar-refractivity contribution in [3.63, 3.8) is 0 Å². The predicted octanol–water partition coefficient (Wildman–Crippen LogP) is 3.09. The molecule has 2 atom stereocenters. The van der Waals surface area contributed by atoms with Crippen LogP contribution in [0.5, 0.6) is 0 Å². The van der Waals surface area contributed by atoms with Crippen LogP contribution >= 0.6 is 0 Å². The lowest BCUT2D eigenvalue weighted by atomic mass is 9.94. The van der Waals surface area contributed by atoms with E-state index in [1.165, 1.54) is 17.0 Å². The Morgan fingerprint density at radius 2 is 2.00 bits per heavy atom. The van der Waals surface area contributed by atoms with Gasteiger partial charge in [0.25, 0.3) is 5.69 Å². The van der Waals surface area contributed by atoms with E-state index in [4.69, 9.17) is 4.74 Å². The molecule has 2 rings (SSSR count). The maximum atomic E-state index is 13.8. The molecule has 1 saturated heterocycles. The predicted molar refractivity (Wildman–Crippen MR) is 78.4 cm³/mol. The average molecular weight is 310 g/mol. The fraction of sp³-hybridized carbons (Fsp3) is 0.533. The number of nitrogens with zero attached hydrogens (tertiary/aromatic N) is 2. The third-order valence-corrected chi connectivity index (χ3v) is 3.41. The minimum absolute atomic E-state index is 0.0156. The Morgan fingerprint density at radius 3 is 2.45 bits per heavy atom. The summed E-state index contributed by atoms with van der Waals surface area (Å²) >= 11 is 0. The van der Waals surface area contributed by atoms with Crippen LogP contribution in [0.15, 0.2) is 24.3 Å². The summed E-state index contributed by atoms with van der Waals surface area (Å²) in [5.41, 5.74) is 0.0980. The highest BCUT2D eigenvalue weighted by molar-refractivity contribution is 5.70. The molecule has 22 heavy (non-hydrogen) atoms. The van der Waals surface area contributed by atoms with Crippen molar-refractivity contribution in [3.8, 4) is 0 Å². The lowest BCUT2D eigenvalue weighted by molar-refractivity contribution is -0.384. The van der Waals surface area contributed by atoms with E-state index >= 15 is 0 Å². The van der Waals surface area contributed by atoms with Gasteiger partial charge in [-0.05, 0) is 32.8 Å². The molecule has 1 heterocycles. The zero-order valence-corrected chi connectivity index (χ0v) is 12.8. The minimum Gasteiger partial charge on any atom is -0.444 e. The summed E-state index contributed by atoms with van der Waals surface area (Å²) in [6.45, 7) is 5.28. The lowest BCUT2D eigenvalue weighted by Crippen LogP contribution is -2.62. The van der Waals surface area contributed by atoms with Crippen LogP contribution in [0.2, 0.25) is 0 Å². The zero-order valence-electron chi connectivity index (χ0n) is 12.8. The van der Waals surface area contributed by atoms with E-state index in [2.05, 4.69) is 0 Å². The minimum atomic E-state index is -1.11. The Kier molecular flexibility index (Phi) is 4.35. The number of hydrogen-bond acceptors (Lipinski definition) is 4. The van der Waals surface area contributed by atoms with Gasteiger partial charge in [-0.15, -0.1) is 0 Å². The van der Waals surface area contributed by atoms with Crippen molar-refractivity contribution < 1.29 is 18.8 Å². The first-order valence-corrected chi connectivity index (χ1v) is 7.04. The highest BCUT2D eigenvalue weighted by Gasteiger charge is 2.44. The number of likely N-dealkylation sites (tertiary alicyclic amines) is 1. The highest BCUT2D eigenvalue weighted by Crippen LogP contribution is 2.27. The maximum Gasteiger partial charge on any atom is 0.410 e. The monoisotopic (exact) mass is 310 g/mol.